The quantitative estimate of drug-likeness (QED) is 0.735. The SMILES string of the molecule is NC(=O)CC(NC(=O)c1cc(F)ccc1Br)C(=O)O. The molecule has 0 heterocycles. The topological polar surface area (TPSA) is 109 Å². The van der Waals surface area contributed by atoms with Crippen LogP contribution in [0, 0.1) is 5.82 Å². The number of primary amides is 1. The van der Waals surface area contributed by atoms with Crippen molar-refractivity contribution in [2.24, 2.45) is 5.73 Å². The lowest BCUT2D eigenvalue weighted by Gasteiger charge is -2.13. The summed E-state index contributed by atoms with van der Waals surface area (Å²) in [5.41, 5.74) is 4.80. The van der Waals surface area contributed by atoms with Gasteiger partial charge < -0.3 is 16.2 Å². The van der Waals surface area contributed by atoms with Crippen molar-refractivity contribution in [2.45, 2.75) is 12.5 Å². The molecule has 1 atom stereocenters. The van der Waals surface area contributed by atoms with Gasteiger partial charge in [0.1, 0.15) is 11.9 Å². The molecule has 19 heavy (non-hydrogen) atoms. The minimum atomic E-state index is -1.46. The number of benzene rings is 1. The Bertz CT molecular complexity index is 535. The number of nitrogens with two attached hydrogens (primary N) is 1. The Morgan fingerprint density at radius 3 is 2.58 bits per heavy atom. The van der Waals surface area contributed by atoms with Crippen molar-refractivity contribution in [3.05, 3.63) is 34.1 Å². The van der Waals surface area contributed by atoms with E-state index in [4.69, 9.17) is 10.8 Å². The third-order valence-electron chi connectivity index (χ3n) is 2.18. The Morgan fingerprint density at radius 2 is 2.05 bits per heavy atom. The lowest BCUT2D eigenvalue weighted by Crippen LogP contribution is -2.43. The molecule has 0 aliphatic carbocycles. The van der Waals surface area contributed by atoms with Gasteiger partial charge in [0.15, 0.2) is 0 Å². The van der Waals surface area contributed by atoms with Gasteiger partial charge in [0.25, 0.3) is 5.91 Å². The average molecular weight is 333 g/mol. The Kier molecular flexibility index (Phi) is 4.99. The first-order chi connectivity index (χ1) is 8.81. The third kappa shape index (κ3) is 4.32. The fraction of sp³-hybridized carbons (Fsp3) is 0.182. The molecule has 0 fully saturated rings. The van der Waals surface area contributed by atoms with Crippen LogP contribution in [0.1, 0.15) is 16.8 Å². The van der Waals surface area contributed by atoms with E-state index in [-0.39, 0.29) is 5.56 Å². The second kappa shape index (κ2) is 6.28. The Hall–Kier alpha value is -1.96. The number of hydrogen-bond donors (Lipinski definition) is 3. The molecule has 2 amide bonds. The van der Waals surface area contributed by atoms with Gasteiger partial charge in [0, 0.05) is 4.47 Å². The van der Waals surface area contributed by atoms with Crippen LogP contribution in [0.3, 0.4) is 0 Å². The standard InChI is InChI=1S/C11H10BrFN2O4/c12-7-2-1-5(13)3-6(7)10(17)15-8(11(18)19)4-9(14)16/h1-3,8H,4H2,(H2,14,16)(H,15,17)(H,18,19). The minimum Gasteiger partial charge on any atom is -0.480 e. The van der Waals surface area contributed by atoms with Crippen LogP contribution in [0.15, 0.2) is 22.7 Å². The zero-order valence-electron chi connectivity index (χ0n) is 9.52. The molecule has 6 nitrogen and oxygen atoms in total. The van der Waals surface area contributed by atoms with Gasteiger partial charge in [0.05, 0.1) is 12.0 Å². The highest BCUT2D eigenvalue weighted by Gasteiger charge is 2.23. The zero-order chi connectivity index (χ0) is 14.6. The maximum Gasteiger partial charge on any atom is 0.326 e. The van der Waals surface area contributed by atoms with Crippen LogP contribution in [-0.2, 0) is 9.59 Å². The van der Waals surface area contributed by atoms with Gasteiger partial charge in [-0.05, 0) is 34.1 Å². The summed E-state index contributed by atoms with van der Waals surface area (Å²) in [6, 6.07) is 1.94. The number of aliphatic carboxylic acids is 1. The van der Waals surface area contributed by atoms with Crippen molar-refractivity contribution in [3.8, 4) is 0 Å². The van der Waals surface area contributed by atoms with E-state index in [1.807, 2.05) is 0 Å². The summed E-state index contributed by atoms with van der Waals surface area (Å²) in [6.07, 6.45) is -0.548. The normalized spacial score (nSPS) is 11.7. The second-order valence-corrected chi connectivity index (χ2v) is 4.51. The summed E-state index contributed by atoms with van der Waals surface area (Å²) in [5, 5.41) is 10.9. The Labute approximate surface area is 115 Å². The molecule has 0 aromatic heterocycles. The average Bonchev–Trinajstić information content (AvgIpc) is 2.30. The van der Waals surface area contributed by atoms with E-state index in [1.165, 1.54) is 6.07 Å². The van der Waals surface area contributed by atoms with Crippen LogP contribution in [0.2, 0.25) is 0 Å². The Morgan fingerprint density at radius 1 is 1.42 bits per heavy atom. The number of halogens is 2. The van der Waals surface area contributed by atoms with Crippen molar-refractivity contribution >= 4 is 33.7 Å². The molecule has 102 valence electrons. The highest BCUT2D eigenvalue weighted by Crippen LogP contribution is 2.17. The van der Waals surface area contributed by atoms with Gasteiger partial charge in [-0.1, -0.05) is 0 Å². The lowest BCUT2D eigenvalue weighted by molar-refractivity contribution is -0.140. The van der Waals surface area contributed by atoms with E-state index in [2.05, 4.69) is 21.2 Å². The molecule has 1 aromatic rings. The summed E-state index contributed by atoms with van der Waals surface area (Å²) >= 11 is 3.04. The van der Waals surface area contributed by atoms with Gasteiger partial charge in [-0.15, -0.1) is 0 Å². The molecule has 0 aliphatic rings. The molecule has 1 unspecified atom stereocenters. The smallest absolute Gasteiger partial charge is 0.326 e. The zero-order valence-corrected chi connectivity index (χ0v) is 11.1. The fourth-order valence-corrected chi connectivity index (χ4v) is 1.74. The van der Waals surface area contributed by atoms with Gasteiger partial charge in [-0.25, -0.2) is 9.18 Å². The molecular weight excluding hydrogens is 323 g/mol. The summed E-state index contributed by atoms with van der Waals surface area (Å²) in [5.74, 6) is -3.74. The molecule has 0 bridgehead atoms. The summed E-state index contributed by atoms with van der Waals surface area (Å²) in [7, 11) is 0. The number of nitrogens with one attached hydrogen (secondary N) is 1. The van der Waals surface area contributed by atoms with Crippen molar-refractivity contribution < 1.29 is 23.9 Å². The fourth-order valence-electron chi connectivity index (χ4n) is 1.31. The molecule has 8 heteroatoms. The first kappa shape index (κ1) is 15.1. The first-order valence-corrected chi connectivity index (χ1v) is 5.87. The van der Waals surface area contributed by atoms with E-state index >= 15 is 0 Å². The predicted octanol–water partition coefficient (Wildman–Crippen LogP) is 0.647. The van der Waals surface area contributed by atoms with E-state index in [1.54, 1.807) is 0 Å². The molecule has 0 saturated carbocycles. The van der Waals surface area contributed by atoms with E-state index in [9.17, 15) is 18.8 Å². The third-order valence-corrected chi connectivity index (χ3v) is 2.87. The number of carbonyl (C=O) groups is 3. The number of carbonyl (C=O) groups excluding carboxylic acids is 2. The first-order valence-electron chi connectivity index (χ1n) is 5.08. The van der Waals surface area contributed by atoms with Crippen LogP contribution >= 0.6 is 15.9 Å². The molecule has 0 aliphatic heterocycles. The molecule has 1 rings (SSSR count). The van der Waals surface area contributed by atoms with Crippen LogP contribution in [0.5, 0.6) is 0 Å². The summed E-state index contributed by atoms with van der Waals surface area (Å²) in [4.78, 5) is 33.3. The van der Waals surface area contributed by atoms with Crippen molar-refractivity contribution in [1.29, 1.82) is 0 Å². The van der Waals surface area contributed by atoms with Crippen molar-refractivity contribution in [2.75, 3.05) is 0 Å². The van der Waals surface area contributed by atoms with Gasteiger partial charge in [-0.2, -0.15) is 0 Å². The minimum absolute atomic E-state index is 0.0734. The maximum absolute atomic E-state index is 13.0. The van der Waals surface area contributed by atoms with Gasteiger partial charge in [0.2, 0.25) is 5.91 Å². The monoisotopic (exact) mass is 332 g/mol. The lowest BCUT2D eigenvalue weighted by atomic mass is 10.1. The molecular formula is C11H10BrFN2O4. The molecule has 0 spiro atoms. The molecule has 0 radical (unpaired) electrons. The number of carboxylic acid groups (broad SMARTS) is 1. The van der Waals surface area contributed by atoms with Gasteiger partial charge in [-0.3, -0.25) is 9.59 Å². The predicted molar refractivity (Wildman–Crippen MR) is 66.8 cm³/mol. The largest absolute Gasteiger partial charge is 0.480 e. The van der Waals surface area contributed by atoms with E-state index in [0.29, 0.717) is 4.47 Å². The van der Waals surface area contributed by atoms with Crippen LogP contribution in [-0.4, -0.2) is 28.9 Å². The number of carboxylic acids is 1. The second-order valence-electron chi connectivity index (χ2n) is 3.66. The van der Waals surface area contributed by atoms with Crippen LogP contribution in [0.25, 0.3) is 0 Å². The Balaban J connectivity index is 2.90. The number of rotatable bonds is 5. The summed E-state index contributed by atoms with van der Waals surface area (Å²) in [6.45, 7) is 0. The van der Waals surface area contributed by atoms with Crippen LogP contribution in [0.4, 0.5) is 4.39 Å². The highest BCUT2D eigenvalue weighted by molar-refractivity contribution is 9.10. The molecule has 0 saturated heterocycles. The van der Waals surface area contributed by atoms with E-state index in [0.717, 1.165) is 12.1 Å². The van der Waals surface area contributed by atoms with Crippen molar-refractivity contribution in [3.63, 3.8) is 0 Å². The molecule has 4 N–H and O–H groups in total. The number of hydrogen-bond acceptors (Lipinski definition) is 3. The van der Waals surface area contributed by atoms with Crippen molar-refractivity contribution in [1.82, 2.24) is 5.32 Å². The highest BCUT2D eigenvalue weighted by atomic mass is 79.9. The van der Waals surface area contributed by atoms with Crippen LogP contribution < -0.4 is 11.1 Å². The summed E-state index contributed by atoms with van der Waals surface area (Å²) < 4.78 is 13.3. The number of amides is 2. The van der Waals surface area contributed by atoms with E-state index < -0.39 is 36.1 Å². The molecule has 1 aromatic carbocycles. The van der Waals surface area contributed by atoms with Gasteiger partial charge >= 0.3 is 5.97 Å². The maximum atomic E-state index is 13.0.